The van der Waals surface area contributed by atoms with Gasteiger partial charge in [-0.2, -0.15) is 0 Å². The predicted molar refractivity (Wildman–Crippen MR) is 115 cm³/mol. The van der Waals surface area contributed by atoms with Gasteiger partial charge in [-0.3, -0.25) is 4.79 Å². The van der Waals surface area contributed by atoms with Crippen LogP contribution >= 0.6 is 11.8 Å². The van der Waals surface area contributed by atoms with Crippen molar-refractivity contribution in [3.8, 4) is 0 Å². The molecule has 148 valence electrons. The Hall–Kier alpha value is -1.98. The van der Waals surface area contributed by atoms with Gasteiger partial charge < -0.3 is 15.0 Å². The highest BCUT2D eigenvalue weighted by Crippen LogP contribution is 2.27. The third kappa shape index (κ3) is 4.89. The van der Waals surface area contributed by atoms with Crippen LogP contribution in [0.1, 0.15) is 29.6 Å². The van der Waals surface area contributed by atoms with Crippen molar-refractivity contribution in [1.82, 2.24) is 5.32 Å². The smallest absolute Gasteiger partial charge is 0.252 e. The number of hydrogen-bond donors (Lipinski definition) is 1. The molecule has 0 aromatic heterocycles. The number of benzene rings is 2. The van der Waals surface area contributed by atoms with Crippen LogP contribution in [0.5, 0.6) is 0 Å². The number of carbonyl (C=O) groups excluding carboxylic acids is 1. The van der Waals surface area contributed by atoms with E-state index in [-0.39, 0.29) is 5.91 Å². The largest absolute Gasteiger partial charge is 0.377 e. The summed E-state index contributed by atoms with van der Waals surface area (Å²) < 4.78 is 5.71. The molecule has 1 amide bonds. The molecule has 5 heteroatoms. The summed E-state index contributed by atoms with van der Waals surface area (Å²) in [4.78, 5) is 16.3. The highest BCUT2D eigenvalue weighted by atomic mass is 32.2. The minimum Gasteiger partial charge on any atom is -0.377 e. The van der Waals surface area contributed by atoms with Gasteiger partial charge in [0.05, 0.1) is 11.7 Å². The van der Waals surface area contributed by atoms with E-state index in [1.54, 1.807) is 11.8 Å². The van der Waals surface area contributed by atoms with Crippen molar-refractivity contribution in [2.45, 2.75) is 30.3 Å². The van der Waals surface area contributed by atoms with E-state index in [0.29, 0.717) is 12.0 Å². The summed E-state index contributed by atoms with van der Waals surface area (Å²) in [7, 11) is 0. The van der Waals surface area contributed by atoms with Gasteiger partial charge in [0.15, 0.2) is 0 Å². The van der Waals surface area contributed by atoms with E-state index in [1.165, 1.54) is 5.69 Å². The average Bonchev–Trinajstić information content (AvgIpc) is 3.43. The number of ether oxygens (including phenoxy) is 1. The van der Waals surface area contributed by atoms with Gasteiger partial charge in [0.2, 0.25) is 0 Å². The van der Waals surface area contributed by atoms with Gasteiger partial charge >= 0.3 is 0 Å². The first kappa shape index (κ1) is 19.3. The zero-order chi connectivity index (χ0) is 19.2. The SMILES string of the molecule is O=C(NCC1CCN(c2ccccc2)C1)c1ccccc1SCC1CCCO1. The molecule has 0 saturated carbocycles. The zero-order valence-corrected chi connectivity index (χ0v) is 17.0. The third-order valence-corrected chi connectivity index (χ3v) is 6.74. The number of nitrogens with one attached hydrogen (secondary N) is 1. The van der Waals surface area contributed by atoms with Crippen molar-refractivity contribution in [2.24, 2.45) is 5.92 Å². The number of amides is 1. The van der Waals surface area contributed by atoms with Crippen molar-refractivity contribution in [3.05, 3.63) is 60.2 Å². The molecule has 4 rings (SSSR count). The molecule has 2 aliphatic heterocycles. The molecule has 2 heterocycles. The molecular formula is C23H28N2O2S. The van der Waals surface area contributed by atoms with Crippen LogP contribution in [-0.4, -0.2) is 44.0 Å². The van der Waals surface area contributed by atoms with E-state index in [9.17, 15) is 4.79 Å². The Morgan fingerprint density at radius 3 is 2.75 bits per heavy atom. The predicted octanol–water partition coefficient (Wildman–Crippen LogP) is 4.21. The molecule has 2 aromatic carbocycles. The maximum absolute atomic E-state index is 12.8. The van der Waals surface area contributed by atoms with Gasteiger partial charge in [0.1, 0.15) is 0 Å². The Labute approximate surface area is 171 Å². The minimum atomic E-state index is 0.0357. The quantitative estimate of drug-likeness (QED) is 0.712. The molecule has 0 spiro atoms. The van der Waals surface area contributed by atoms with Crippen molar-refractivity contribution in [3.63, 3.8) is 0 Å². The first-order valence-electron chi connectivity index (χ1n) is 10.2. The lowest BCUT2D eigenvalue weighted by Crippen LogP contribution is -2.31. The van der Waals surface area contributed by atoms with Crippen molar-refractivity contribution >= 4 is 23.4 Å². The van der Waals surface area contributed by atoms with Crippen LogP contribution in [0.3, 0.4) is 0 Å². The van der Waals surface area contributed by atoms with Crippen molar-refractivity contribution in [2.75, 3.05) is 36.9 Å². The summed E-state index contributed by atoms with van der Waals surface area (Å²) in [6.45, 7) is 3.65. The number of hydrogen-bond acceptors (Lipinski definition) is 4. The Bertz CT molecular complexity index is 777. The molecule has 2 saturated heterocycles. The molecule has 2 aromatic rings. The molecule has 2 fully saturated rings. The highest BCUT2D eigenvalue weighted by molar-refractivity contribution is 7.99. The number of nitrogens with zero attached hydrogens (tertiary/aromatic N) is 1. The van der Waals surface area contributed by atoms with E-state index >= 15 is 0 Å². The van der Waals surface area contributed by atoms with Gasteiger partial charge in [-0.15, -0.1) is 11.8 Å². The second-order valence-corrected chi connectivity index (χ2v) is 8.65. The second-order valence-electron chi connectivity index (χ2n) is 7.59. The molecule has 2 unspecified atom stereocenters. The van der Waals surface area contributed by atoms with Crippen molar-refractivity contribution < 1.29 is 9.53 Å². The van der Waals surface area contributed by atoms with Gasteiger partial charge in [0, 0.05) is 42.6 Å². The normalized spacial score (nSPS) is 21.8. The summed E-state index contributed by atoms with van der Waals surface area (Å²) in [6.07, 6.45) is 3.71. The maximum atomic E-state index is 12.8. The number of anilines is 1. The Morgan fingerprint density at radius 2 is 1.93 bits per heavy atom. The standard InChI is InChI=1S/C23H28N2O2S/c26-23(21-10-4-5-11-22(21)28-17-20-9-6-14-27-20)24-15-18-12-13-25(16-18)19-7-2-1-3-8-19/h1-5,7-8,10-11,18,20H,6,9,12-17H2,(H,24,26). The fraction of sp³-hybridized carbons (Fsp3) is 0.435. The molecule has 2 aliphatic rings. The highest BCUT2D eigenvalue weighted by Gasteiger charge is 2.24. The number of para-hydroxylation sites is 1. The molecule has 0 radical (unpaired) electrons. The molecular weight excluding hydrogens is 368 g/mol. The summed E-state index contributed by atoms with van der Waals surface area (Å²) in [5, 5.41) is 3.17. The topological polar surface area (TPSA) is 41.6 Å². The maximum Gasteiger partial charge on any atom is 0.252 e. The first-order chi connectivity index (χ1) is 13.8. The zero-order valence-electron chi connectivity index (χ0n) is 16.2. The summed E-state index contributed by atoms with van der Waals surface area (Å²) >= 11 is 1.73. The van der Waals surface area contributed by atoms with Crippen LogP contribution < -0.4 is 10.2 Å². The fourth-order valence-corrected chi connectivity index (χ4v) is 5.06. The number of thioether (sulfide) groups is 1. The minimum absolute atomic E-state index is 0.0357. The summed E-state index contributed by atoms with van der Waals surface area (Å²) in [5.41, 5.74) is 2.05. The molecule has 4 nitrogen and oxygen atoms in total. The lowest BCUT2D eigenvalue weighted by Gasteiger charge is -2.19. The summed E-state index contributed by atoms with van der Waals surface area (Å²) in [6, 6.07) is 18.4. The van der Waals surface area contributed by atoms with Crippen LogP contribution in [-0.2, 0) is 4.74 Å². The fourth-order valence-electron chi connectivity index (χ4n) is 3.94. The third-order valence-electron chi connectivity index (χ3n) is 5.54. The lowest BCUT2D eigenvalue weighted by molar-refractivity contribution is 0.0945. The monoisotopic (exact) mass is 396 g/mol. The Morgan fingerprint density at radius 1 is 1.11 bits per heavy atom. The summed E-state index contributed by atoms with van der Waals surface area (Å²) in [5.74, 6) is 1.45. The van der Waals surface area contributed by atoms with Gasteiger partial charge in [-0.05, 0) is 49.4 Å². The van der Waals surface area contributed by atoms with E-state index in [4.69, 9.17) is 4.74 Å². The van der Waals surface area contributed by atoms with Crippen LogP contribution in [0.4, 0.5) is 5.69 Å². The van der Waals surface area contributed by atoms with Gasteiger partial charge in [0.25, 0.3) is 5.91 Å². The lowest BCUT2D eigenvalue weighted by atomic mass is 10.1. The van der Waals surface area contributed by atoms with Crippen LogP contribution in [0.2, 0.25) is 0 Å². The Kier molecular flexibility index (Phi) is 6.55. The van der Waals surface area contributed by atoms with Crippen LogP contribution in [0, 0.1) is 5.92 Å². The van der Waals surface area contributed by atoms with E-state index in [2.05, 4.69) is 34.5 Å². The molecule has 1 N–H and O–H groups in total. The average molecular weight is 397 g/mol. The molecule has 0 aliphatic carbocycles. The van der Waals surface area contributed by atoms with Gasteiger partial charge in [-0.25, -0.2) is 0 Å². The van der Waals surface area contributed by atoms with Crippen LogP contribution in [0.15, 0.2) is 59.5 Å². The molecule has 28 heavy (non-hydrogen) atoms. The number of carbonyl (C=O) groups is 1. The number of rotatable bonds is 7. The van der Waals surface area contributed by atoms with E-state index in [1.807, 2.05) is 30.3 Å². The first-order valence-corrected chi connectivity index (χ1v) is 11.2. The second kappa shape index (κ2) is 9.48. The van der Waals surface area contributed by atoms with E-state index in [0.717, 1.165) is 61.7 Å². The molecule has 2 atom stereocenters. The van der Waals surface area contributed by atoms with Crippen molar-refractivity contribution in [1.29, 1.82) is 0 Å². The van der Waals surface area contributed by atoms with E-state index < -0.39 is 0 Å². The molecule has 0 bridgehead atoms. The van der Waals surface area contributed by atoms with Crippen LogP contribution in [0.25, 0.3) is 0 Å². The Balaban J connectivity index is 1.29. The van der Waals surface area contributed by atoms with Gasteiger partial charge in [-0.1, -0.05) is 30.3 Å².